The fraction of sp³-hybridized carbons (Fsp3) is 0.588. The number of carbonyl (C=O) groups is 1. The first-order valence-corrected chi connectivity index (χ1v) is 8.76. The Bertz CT molecular complexity index is 751. The number of likely N-dealkylation sites (tertiary alicyclic amines) is 1. The van der Waals surface area contributed by atoms with Crippen LogP contribution >= 0.6 is 12.4 Å². The normalized spacial score (nSPS) is 18.2. The number of aromatic nitrogens is 3. The third-order valence-electron chi connectivity index (χ3n) is 5.03. The van der Waals surface area contributed by atoms with Gasteiger partial charge in [0.2, 0.25) is 5.76 Å². The molecule has 2 aliphatic heterocycles. The lowest BCUT2D eigenvalue weighted by atomic mass is 9.95. The number of ether oxygens (including phenoxy) is 1. The van der Waals surface area contributed by atoms with E-state index in [9.17, 15) is 4.79 Å². The Balaban J connectivity index is 0.00000196. The lowest BCUT2D eigenvalue weighted by molar-refractivity contribution is 0.0560. The van der Waals surface area contributed by atoms with Crippen molar-refractivity contribution in [2.24, 2.45) is 0 Å². The first-order chi connectivity index (χ1) is 12.2. The number of methoxy groups -OCH3 is 1. The molecule has 0 atom stereocenters. The summed E-state index contributed by atoms with van der Waals surface area (Å²) in [5.41, 5.74) is 0. The molecule has 0 spiro atoms. The number of fused-ring (bicyclic) bond motifs is 1. The molecule has 4 heterocycles. The van der Waals surface area contributed by atoms with Crippen LogP contribution in [0.2, 0.25) is 0 Å². The topological polar surface area (TPSA) is 85.4 Å². The van der Waals surface area contributed by atoms with Gasteiger partial charge in [0.15, 0.2) is 0 Å². The number of piperidine rings is 1. The number of nitrogens with one attached hydrogen (secondary N) is 1. The minimum absolute atomic E-state index is 0. The zero-order valence-electron chi connectivity index (χ0n) is 14.8. The van der Waals surface area contributed by atoms with E-state index < -0.39 is 5.97 Å². The molecule has 4 rings (SSSR count). The van der Waals surface area contributed by atoms with Crippen LogP contribution in [0.5, 0.6) is 0 Å². The Hall–Kier alpha value is -1.90. The van der Waals surface area contributed by atoms with Crippen LogP contribution in [-0.4, -0.2) is 52.4 Å². The molecule has 0 bridgehead atoms. The minimum atomic E-state index is -0.434. The van der Waals surface area contributed by atoms with Gasteiger partial charge in [-0.3, -0.25) is 4.90 Å². The molecule has 142 valence electrons. The highest BCUT2D eigenvalue weighted by Crippen LogP contribution is 2.28. The van der Waals surface area contributed by atoms with E-state index in [1.54, 1.807) is 6.07 Å². The Morgan fingerprint density at radius 3 is 2.88 bits per heavy atom. The van der Waals surface area contributed by atoms with E-state index in [1.807, 2.05) is 6.07 Å². The Kier molecular flexibility index (Phi) is 5.95. The van der Waals surface area contributed by atoms with Gasteiger partial charge in [-0.15, -0.1) is 22.6 Å². The molecule has 0 amide bonds. The molecule has 1 N–H and O–H groups in total. The molecule has 0 aliphatic carbocycles. The van der Waals surface area contributed by atoms with Crippen molar-refractivity contribution in [1.29, 1.82) is 0 Å². The van der Waals surface area contributed by atoms with E-state index in [4.69, 9.17) is 4.42 Å². The summed E-state index contributed by atoms with van der Waals surface area (Å²) in [6.45, 7) is 5.44. The maximum Gasteiger partial charge on any atom is 0.373 e. The summed E-state index contributed by atoms with van der Waals surface area (Å²) in [5.74, 6) is 3.28. The van der Waals surface area contributed by atoms with E-state index in [2.05, 4.69) is 29.7 Å². The van der Waals surface area contributed by atoms with E-state index in [1.165, 1.54) is 7.11 Å². The summed E-state index contributed by atoms with van der Waals surface area (Å²) in [5, 5.41) is 12.1. The minimum Gasteiger partial charge on any atom is -0.463 e. The SMILES string of the molecule is COC(=O)c1ccc(CN2CCC(c3nnc4n3CCNC4)CC2)o1.Cl. The van der Waals surface area contributed by atoms with E-state index in [0.717, 1.165) is 63.0 Å². The van der Waals surface area contributed by atoms with E-state index in [-0.39, 0.29) is 18.2 Å². The third kappa shape index (κ3) is 3.77. The fourth-order valence-corrected chi connectivity index (χ4v) is 3.66. The number of nitrogens with zero attached hydrogens (tertiary/aromatic N) is 4. The molecule has 0 unspecified atom stereocenters. The maximum absolute atomic E-state index is 11.5. The van der Waals surface area contributed by atoms with Crippen LogP contribution in [0.3, 0.4) is 0 Å². The van der Waals surface area contributed by atoms with Gasteiger partial charge in [0.1, 0.15) is 17.4 Å². The average Bonchev–Trinajstić information content (AvgIpc) is 3.29. The summed E-state index contributed by atoms with van der Waals surface area (Å²) in [6, 6.07) is 3.52. The van der Waals surface area contributed by atoms with Crippen LogP contribution in [0.1, 0.15) is 46.7 Å². The second-order valence-corrected chi connectivity index (χ2v) is 6.61. The fourth-order valence-electron chi connectivity index (χ4n) is 3.66. The number of rotatable bonds is 4. The van der Waals surface area contributed by atoms with Gasteiger partial charge in [0, 0.05) is 19.0 Å². The zero-order valence-corrected chi connectivity index (χ0v) is 15.6. The number of esters is 1. The Morgan fingerprint density at radius 2 is 2.12 bits per heavy atom. The van der Waals surface area contributed by atoms with Crippen LogP contribution in [0.4, 0.5) is 0 Å². The summed E-state index contributed by atoms with van der Waals surface area (Å²) in [6.07, 6.45) is 2.13. The molecule has 2 aliphatic rings. The largest absolute Gasteiger partial charge is 0.463 e. The highest BCUT2D eigenvalue weighted by molar-refractivity contribution is 5.86. The lowest BCUT2D eigenvalue weighted by Crippen LogP contribution is -2.34. The molecule has 9 heteroatoms. The van der Waals surface area contributed by atoms with Crippen molar-refractivity contribution >= 4 is 18.4 Å². The van der Waals surface area contributed by atoms with Crippen LogP contribution in [0.15, 0.2) is 16.5 Å². The van der Waals surface area contributed by atoms with Crippen molar-refractivity contribution in [3.63, 3.8) is 0 Å². The van der Waals surface area contributed by atoms with Gasteiger partial charge in [-0.05, 0) is 38.1 Å². The van der Waals surface area contributed by atoms with Crippen molar-refractivity contribution in [1.82, 2.24) is 25.0 Å². The smallest absolute Gasteiger partial charge is 0.373 e. The molecule has 0 aromatic carbocycles. The summed E-state index contributed by atoms with van der Waals surface area (Å²) in [4.78, 5) is 13.8. The Morgan fingerprint density at radius 1 is 1.31 bits per heavy atom. The first kappa shape index (κ1) is 18.9. The van der Waals surface area contributed by atoms with E-state index >= 15 is 0 Å². The quantitative estimate of drug-likeness (QED) is 0.804. The lowest BCUT2D eigenvalue weighted by Gasteiger charge is -2.31. The van der Waals surface area contributed by atoms with Gasteiger partial charge in [0.25, 0.3) is 0 Å². The second-order valence-electron chi connectivity index (χ2n) is 6.61. The second kappa shape index (κ2) is 8.20. The molecule has 0 saturated carbocycles. The van der Waals surface area contributed by atoms with Crippen LogP contribution in [-0.2, 0) is 24.4 Å². The van der Waals surface area contributed by atoms with Crippen molar-refractivity contribution in [2.45, 2.75) is 38.4 Å². The van der Waals surface area contributed by atoms with Gasteiger partial charge in [-0.1, -0.05) is 0 Å². The van der Waals surface area contributed by atoms with Gasteiger partial charge < -0.3 is 19.0 Å². The zero-order chi connectivity index (χ0) is 17.2. The summed E-state index contributed by atoms with van der Waals surface area (Å²) < 4.78 is 12.5. The molecular formula is C17H24ClN5O3. The maximum atomic E-state index is 11.5. The summed E-state index contributed by atoms with van der Waals surface area (Å²) >= 11 is 0. The van der Waals surface area contributed by atoms with Crippen molar-refractivity contribution in [2.75, 3.05) is 26.7 Å². The molecule has 1 saturated heterocycles. The summed E-state index contributed by atoms with van der Waals surface area (Å²) in [7, 11) is 1.36. The molecule has 2 aromatic heterocycles. The van der Waals surface area contributed by atoms with Crippen LogP contribution in [0, 0.1) is 0 Å². The molecule has 2 aromatic rings. The van der Waals surface area contributed by atoms with Crippen LogP contribution < -0.4 is 5.32 Å². The van der Waals surface area contributed by atoms with Gasteiger partial charge >= 0.3 is 5.97 Å². The molecule has 0 radical (unpaired) electrons. The first-order valence-electron chi connectivity index (χ1n) is 8.76. The van der Waals surface area contributed by atoms with E-state index in [0.29, 0.717) is 12.5 Å². The van der Waals surface area contributed by atoms with Crippen molar-refractivity contribution in [3.05, 3.63) is 35.3 Å². The van der Waals surface area contributed by atoms with Crippen molar-refractivity contribution in [3.8, 4) is 0 Å². The monoisotopic (exact) mass is 381 g/mol. The number of carbonyl (C=O) groups excluding carboxylic acids is 1. The standard InChI is InChI=1S/C17H23N5O3.ClH/c1-24-17(23)14-3-2-13(25-14)11-21-7-4-12(5-8-21)16-20-19-15-10-18-6-9-22(15)16;/h2-3,12,18H,4-11H2,1H3;1H. The third-order valence-corrected chi connectivity index (χ3v) is 5.03. The van der Waals surface area contributed by atoms with Crippen LogP contribution in [0.25, 0.3) is 0 Å². The van der Waals surface area contributed by atoms with Gasteiger partial charge in [-0.25, -0.2) is 4.79 Å². The molecule has 8 nitrogen and oxygen atoms in total. The number of hydrogen-bond acceptors (Lipinski definition) is 7. The number of hydrogen-bond donors (Lipinski definition) is 1. The molecule has 1 fully saturated rings. The highest BCUT2D eigenvalue weighted by atomic mass is 35.5. The number of furan rings is 1. The highest BCUT2D eigenvalue weighted by Gasteiger charge is 2.27. The predicted molar refractivity (Wildman–Crippen MR) is 96.3 cm³/mol. The van der Waals surface area contributed by atoms with Crippen molar-refractivity contribution < 1.29 is 13.9 Å². The predicted octanol–water partition coefficient (Wildman–Crippen LogP) is 1.56. The Labute approximate surface area is 158 Å². The van der Waals surface area contributed by atoms with Gasteiger partial charge in [-0.2, -0.15) is 0 Å². The number of halogens is 1. The average molecular weight is 382 g/mol. The van der Waals surface area contributed by atoms with Gasteiger partial charge in [0.05, 0.1) is 20.2 Å². The molecular weight excluding hydrogens is 358 g/mol. The molecule has 26 heavy (non-hydrogen) atoms.